The molecule has 112 valence electrons. The smallest absolute Gasteiger partial charge is 0.243 e. The minimum atomic E-state index is -3.59. The molecule has 0 aromatic heterocycles. The van der Waals surface area contributed by atoms with Crippen LogP contribution in [0.2, 0.25) is 0 Å². The van der Waals surface area contributed by atoms with Crippen molar-refractivity contribution in [3.63, 3.8) is 0 Å². The van der Waals surface area contributed by atoms with Gasteiger partial charge in [-0.2, -0.15) is 4.31 Å². The molecule has 1 fully saturated rings. The lowest BCUT2D eigenvalue weighted by Gasteiger charge is -2.32. The van der Waals surface area contributed by atoms with Crippen LogP contribution >= 0.6 is 0 Å². The zero-order valence-corrected chi connectivity index (χ0v) is 12.9. The largest absolute Gasteiger partial charge is 0.494 e. The summed E-state index contributed by atoms with van der Waals surface area (Å²) < 4.78 is 32.0. The average molecular weight is 299 g/mol. The molecule has 0 bridgehead atoms. The minimum Gasteiger partial charge on any atom is -0.494 e. The Labute approximate surface area is 120 Å². The van der Waals surface area contributed by atoms with Gasteiger partial charge in [-0.3, -0.25) is 0 Å². The van der Waals surface area contributed by atoms with Gasteiger partial charge in [0.2, 0.25) is 10.0 Å². The van der Waals surface area contributed by atoms with E-state index in [4.69, 9.17) is 4.74 Å². The van der Waals surface area contributed by atoms with E-state index in [2.05, 4.69) is 0 Å². The third-order valence-corrected chi connectivity index (χ3v) is 5.89. The van der Waals surface area contributed by atoms with Crippen LogP contribution in [0.3, 0.4) is 0 Å². The molecule has 0 aliphatic carbocycles. The number of aliphatic hydroxyl groups is 1. The summed E-state index contributed by atoms with van der Waals surface area (Å²) in [6.07, 6.45) is -0.177. The summed E-state index contributed by atoms with van der Waals surface area (Å²) >= 11 is 0. The van der Waals surface area contributed by atoms with E-state index in [1.54, 1.807) is 38.1 Å². The maximum absolute atomic E-state index is 12.6. The molecule has 20 heavy (non-hydrogen) atoms. The van der Waals surface area contributed by atoms with Gasteiger partial charge in [-0.05, 0) is 51.5 Å². The van der Waals surface area contributed by atoms with E-state index in [0.29, 0.717) is 25.3 Å². The van der Waals surface area contributed by atoms with Gasteiger partial charge in [0.15, 0.2) is 0 Å². The van der Waals surface area contributed by atoms with Crippen molar-refractivity contribution in [2.24, 2.45) is 0 Å². The molecule has 1 unspecified atom stereocenters. The Kier molecular flexibility index (Phi) is 4.09. The molecular formula is C14H21NO4S. The number of nitrogens with zero attached hydrogens (tertiary/aromatic N) is 1. The van der Waals surface area contributed by atoms with Crippen molar-refractivity contribution in [1.82, 2.24) is 4.31 Å². The van der Waals surface area contributed by atoms with Gasteiger partial charge in [-0.25, -0.2) is 8.42 Å². The number of hydrogen-bond donors (Lipinski definition) is 1. The Hall–Kier alpha value is -1.11. The van der Waals surface area contributed by atoms with Gasteiger partial charge in [0.25, 0.3) is 0 Å². The zero-order chi connectivity index (χ0) is 15.0. The molecule has 1 N–H and O–H groups in total. The van der Waals surface area contributed by atoms with Gasteiger partial charge < -0.3 is 9.84 Å². The van der Waals surface area contributed by atoms with Gasteiger partial charge in [0, 0.05) is 6.54 Å². The lowest BCUT2D eigenvalue weighted by atomic mass is 10.0. The summed E-state index contributed by atoms with van der Waals surface area (Å²) in [5, 5.41) is 9.93. The molecule has 1 heterocycles. The molecule has 1 aromatic rings. The second kappa shape index (κ2) is 5.35. The van der Waals surface area contributed by atoms with Crippen molar-refractivity contribution >= 4 is 10.0 Å². The van der Waals surface area contributed by atoms with Gasteiger partial charge in [0.05, 0.1) is 23.1 Å². The minimum absolute atomic E-state index is 0.225. The summed E-state index contributed by atoms with van der Waals surface area (Å²) in [6, 6.07) is 6.38. The fraction of sp³-hybridized carbons (Fsp3) is 0.571. The van der Waals surface area contributed by atoms with Crippen LogP contribution in [0.5, 0.6) is 5.75 Å². The Morgan fingerprint density at radius 3 is 2.40 bits per heavy atom. The topological polar surface area (TPSA) is 66.8 Å². The van der Waals surface area contributed by atoms with Gasteiger partial charge in [-0.15, -0.1) is 0 Å². The number of rotatable bonds is 4. The predicted molar refractivity (Wildman–Crippen MR) is 76.2 cm³/mol. The van der Waals surface area contributed by atoms with Crippen molar-refractivity contribution in [3.05, 3.63) is 24.3 Å². The predicted octanol–water partition coefficient (Wildman–Crippen LogP) is 1.62. The third-order valence-electron chi connectivity index (χ3n) is 3.79. The van der Waals surface area contributed by atoms with Crippen molar-refractivity contribution in [3.8, 4) is 5.75 Å². The van der Waals surface area contributed by atoms with Crippen molar-refractivity contribution in [2.45, 2.75) is 43.7 Å². The number of benzene rings is 1. The van der Waals surface area contributed by atoms with Crippen molar-refractivity contribution in [1.29, 1.82) is 0 Å². The summed E-state index contributed by atoms with van der Waals surface area (Å²) in [7, 11) is -3.59. The highest BCUT2D eigenvalue weighted by atomic mass is 32.2. The molecule has 5 nitrogen and oxygen atoms in total. The van der Waals surface area contributed by atoms with Crippen LogP contribution in [0.25, 0.3) is 0 Å². The van der Waals surface area contributed by atoms with Crippen LogP contribution in [-0.2, 0) is 10.0 Å². The van der Waals surface area contributed by atoms with Crippen molar-refractivity contribution < 1.29 is 18.3 Å². The second-order valence-corrected chi connectivity index (χ2v) is 7.30. The Balaban J connectivity index is 2.31. The first-order valence-corrected chi connectivity index (χ1v) is 8.18. The molecule has 1 atom stereocenters. The standard InChI is InChI=1S/C14H21NO4S/c1-4-19-11-5-7-12(8-6-11)20(17,18)15-10-9-13(16)14(15,2)3/h5-8,13,16H,4,9-10H2,1-3H3. The maximum atomic E-state index is 12.6. The monoisotopic (exact) mass is 299 g/mol. The highest BCUT2D eigenvalue weighted by Crippen LogP contribution is 2.34. The van der Waals surface area contributed by atoms with E-state index >= 15 is 0 Å². The van der Waals surface area contributed by atoms with Crippen LogP contribution in [0.4, 0.5) is 0 Å². The molecule has 6 heteroatoms. The van der Waals surface area contributed by atoms with Crippen LogP contribution in [-0.4, -0.2) is 42.6 Å². The van der Waals surface area contributed by atoms with E-state index < -0.39 is 21.7 Å². The molecule has 0 radical (unpaired) electrons. The average Bonchev–Trinajstić information content (AvgIpc) is 2.65. The van der Waals surface area contributed by atoms with Crippen LogP contribution < -0.4 is 4.74 Å². The SMILES string of the molecule is CCOc1ccc(S(=O)(=O)N2CCC(O)C2(C)C)cc1. The van der Waals surface area contributed by atoms with Gasteiger partial charge in [0.1, 0.15) is 5.75 Å². The van der Waals surface area contributed by atoms with E-state index in [1.165, 1.54) is 4.31 Å². The fourth-order valence-electron chi connectivity index (χ4n) is 2.48. The first kappa shape index (κ1) is 15.3. The molecular weight excluding hydrogens is 278 g/mol. The van der Waals surface area contributed by atoms with Crippen molar-refractivity contribution in [2.75, 3.05) is 13.2 Å². The van der Waals surface area contributed by atoms with E-state index in [-0.39, 0.29) is 4.90 Å². The second-order valence-electron chi connectivity index (χ2n) is 5.44. The molecule has 0 spiro atoms. The molecule has 2 rings (SSSR count). The van der Waals surface area contributed by atoms with Gasteiger partial charge in [-0.1, -0.05) is 0 Å². The molecule has 0 saturated carbocycles. The number of hydrogen-bond acceptors (Lipinski definition) is 4. The molecule has 0 amide bonds. The Morgan fingerprint density at radius 1 is 1.35 bits per heavy atom. The van der Waals surface area contributed by atoms with Gasteiger partial charge >= 0.3 is 0 Å². The van der Waals surface area contributed by atoms with E-state index in [0.717, 1.165) is 0 Å². The van der Waals surface area contributed by atoms with Crippen LogP contribution in [0.1, 0.15) is 27.2 Å². The summed E-state index contributed by atoms with van der Waals surface area (Å²) in [5.41, 5.74) is -0.780. The number of sulfonamides is 1. The maximum Gasteiger partial charge on any atom is 0.243 e. The lowest BCUT2D eigenvalue weighted by Crippen LogP contribution is -2.47. The molecule has 1 aliphatic heterocycles. The molecule has 1 aromatic carbocycles. The molecule has 1 saturated heterocycles. The first-order valence-electron chi connectivity index (χ1n) is 6.74. The number of ether oxygens (including phenoxy) is 1. The highest BCUT2D eigenvalue weighted by Gasteiger charge is 2.46. The first-order chi connectivity index (χ1) is 9.30. The zero-order valence-electron chi connectivity index (χ0n) is 12.0. The lowest BCUT2D eigenvalue weighted by molar-refractivity contribution is 0.0901. The fourth-order valence-corrected chi connectivity index (χ4v) is 4.30. The summed E-state index contributed by atoms with van der Waals surface area (Å²) in [5.74, 6) is 0.646. The van der Waals surface area contributed by atoms with E-state index in [9.17, 15) is 13.5 Å². The Morgan fingerprint density at radius 2 is 1.95 bits per heavy atom. The molecule has 1 aliphatic rings. The van der Waals surface area contributed by atoms with E-state index in [1.807, 2.05) is 6.92 Å². The Bertz CT molecular complexity index is 565. The summed E-state index contributed by atoms with van der Waals surface area (Å²) in [4.78, 5) is 0.225. The van der Waals surface area contributed by atoms with Crippen LogP contribution in [0, 0.1) is 0 Å². The third kappa shape index (κ3) is 2.55. The highest BCUT2D eigenvalue weighted by molar-refractivity contribution is 7.89. The normalized spacial score (nSPS) is 22.9. The quantitative estimate of drug-likeness (QED) is 0.917. The number of aliphatic hydroxyl groups excluding tert-OH is 1. The summed E-state index contributed by atoms with van der Waals surface area (Å²) in [6.45, 7) is 6.24. The van der Waals surface area contributed by atoms with Crippen LogP contribution in [0.15, 0.2) is 29.2 Å².